The Kier molecular flexibility index (Phi) is 3.48. The molecule has 0 fully saturated rings. The molecule has 0 bridgehead atoms. The van der Waals surface area contributed by atoms with Crippen LogP contribution in [-0.4, -0.2) is 5.84 Å². The first-order chi connectivity index (χ1) is 6.11. The Morgan fingerprint density at radius 2 is 2.15 bits per heavy atom. The molecule has 0 heterocycles. The van der Waals surface area contributed by atoms with Gasteiger partial charge in [0.1, 0.15) is 0 Å². The number of benzene rings is 1. The minimum absolute atomic E-state index is 0.239. The molecule has 0 spiro atoms. The van der Waals surface area contributed by atoms with Crippen LogP contribution < -0.4 is 5.73 Å². The minimum Gasteiger partial charge on any atom is -0.388 e. The smallest absolute Gasteiger partial charge is 0.0911 e. The highest BCUT2D eigenvalue weighted by Gasteiger charge is 2.09. The summed E-state index contributed by atoms with van der Waals surface area (Å²) in [6.07, 6.45) is 0.614. The Labute approximate surface area is 86.8 Å². The van der Waals surface area contributed by atoms with Gasteiger partial charge in [-0.05, 0) is 17.5 Å². The highest BCUT2D eigenvalue weighted by Crippen LogP contribution is 2.26. The fourth-order valence-electron chi connectivity index (χ4n) is 1.31. The summed E-state index contributed by atoms with van der Waals surface area (Å²) in [4.78, 5) is 0. The lowest BCUT2D eigenvalue weighted by molar-refractivity contribution is 0.793. The molecule has 3 heteroatoms. The molecule has 0 amide bonds. The largest absolute Gasteiger partial charge is 0.388 e. The average molecular weight is 241 g/mol. The highest BCUT2D eigenvalue weighted by atomic mass is 79.9. The first-order valence-corrected chi connectivity index (χ1v) is 4.98. The summed E-state index contributed by atoms with van der Waals surface area (Å²) in [5, 5.41) is 7.21. The van der Waals surface area contributed by atoms with Crippen LogP contribution >= 0.6 is 15.9 Å². The van der Waals surface area contributed by atoms with Crippen molar-refractivity contribution in [2.24, 2.45) is 5.73 Å². The van der Waals surface area contributed by atoms with Crippen LogP contribution in [0.3, 0.4) is 0 Å². The van der Waals surface area contributed by atoms with Crippen molar-refractivity contribution in [2.45, 2.75) is 19.3 Å². The van der Waals surface area contributed by atoms with Gasteiger partial charge >= 0.3 is 0 Å². The Bertz CT molecular complexity index is 310. The third-order valence-corrected chi connectivity index (χ3v) is 2.68. The summed E-state index contributed by atoms with van der Waals surface area (Å²) in [6, 6.07) is 8.04. The quantitative estimate of drug-likeness (QED) is 0.620. The second kappa shape index (κ2) is 4.42. The van der Waals surface area contributed by atoms with Crippen LogP contribution in [0.2, 0.25) is 0 Å². The van der Waals surface area contributed by atoms with Gasteiger partial charge in [0.15, 0.2) is 0 Å². The summed E-state index contributed by atoms with van der Waals surface area (Å²) in [7, 11) is 0. The Morgan fingerprint density at radius 3 is 2.69 bits per heavy atom. The van der Waals surface area contributed by atoms with Crippen LogP contribution in [0, 0.1) is 5.41 Å². The van der Waals surface area contributed by atoms with Crippen molar-refractivity contribution in [2.75, 3.05) is 0 Å². The number of hydrogen-bond donors (Lipinski definition) is 2. The third kappa shape index (κ3) is 2.84. The van der Waals surface area contributed by atoms with Gasteiger partial charge in [0.25, 0.3) is 0 Å². The van der Waals surface area contributed by atoms with Crippen LogP contribution in [0.15, 0.2) is 28.7 Å². The van der Waals surface area contributed by atoms with Crippen LogP contribution in [0.25, 0.3) is 0 Å². The lowest BCUT2D eigenvalue weighted by atomic mass is 9.97. The second-order valence-electron chi connectivity index (χ2n) is 3.15. The van der Waals surface area contributed by atoms with Crippen LogP contribution in [0.5, 0.6) is 0 Å². The van der Waals surface area contributed by atoms with E-state index >= 15 is 0 Å². The molecule has 0 saturated carbocycles. The van der Waals surface area contributed by atoms with E-state index in [9.17, 15) is 0 Å². The number of nitrogens with two attached hydrogens (primary N) is 1. The van der Waals surface area contributed by atoms with E-state index in [0.29, 0.717) is 12.3 Å². The SMILES string of the molecule is CC(CC(=N)N)c1ccccc1Br. The first-order valence-electron chi connectivity index (χ1n) is 4.18. The molecule has 13 heavy (non-hydrogen) atoms. The van der Waals surface area contributed by atoms with Gasteiger partial charge in [-0.1, -0.05) is 41.1 Å². The molecule has 0 aliphatic heterocycles. The normalized spacial score (nSPS) is 12.5. The number of amidine groups is 1. The molecule has 2 nitrogen and oxygen atoms in total. The topological polar surface area (TPSA) is 49.9 Å². The zero-order chi connectivity index (χ0) is 9.84. The maximum absolute atomic E-state index is 7.21. The van der Waals surface area contributed by atoms with Crippen molar-refractivity contribution >= 4 is 21.8 Å². The molecule has 1 atom stereocenters. The summed E-state index contributed by atoms with van der Waals surface area (Å²) < 4.78 is 1.09. The molecule has 0 saturated heterocycles. The van der Waals surface area contributed by atoms with Crippen molar-refractivity contribution in [1.29, 1.82) is 5.41 Å². The predicted molar refractivity (Wildman–Crippen MR) is 59.1 cm³/mol. The minimum atomic E-state index is 0.239. The van der Waals surface area contributed by atoms with Crippen molar-refractivity contribution < 1.29 is 0 Å². The standard InChI is InChI=1S/C10H13BrN2/c1-7(6-10(12)13)8-4-2-3-5-9(8)11/h2-5,7H,6H2,1H3,(H3,12,13). The highest BCUT2D eigenvalue weighted by molar-refractivity contribution is 9.10. The zero-order valence-corrected chi connectivity index (χ0v) is 9.14. The van der Waals surface area contributed by atoms with E-state index in [0.717, 1.165) is 4.47 Å². The Balaban J connectivity index is 2.82. The second-order valence-corrected chi connectivity index (χ2v) is 4.01. The van der Waals surface area contributed by atoms with Gasteiger partial charge in [-0.3, -0.25) is 5.41 Å². The fraction of sp³-hybridized carbons (Fsp3) is 0.300. The predicted octanol–water partition coefficient (Wildman–Crippen LogP) is 2.88. The van der Waals surface area contributed by atoms with Gasteiger partial charge in [-0.2, -0.15) is 0 Å². The van der Waals surface area contributed by atoms with Crippen molar-refractivity contribution in [1.82, 2.24) is 0 Å². The molecule has 1 unspecified atom stereocenters. The third-order valence-electron chi connectivity index (χ3n) is 1.96. The molecule has 70 valence electrons. The lowest BCUT2D eigenvalue weighted by Crippen LogP contribution is -2.13. The van der Waals surface area contributed by atoms with E-state index in [1.54, 1.807) is 0 Å². The first kappa shape index (κ1) is 10.3. The summed E-state index contributed by atoms with van der Waals surface area (Å²) in [6.45, 7) is 2.07. The molecule has 1 aromatic carbocycles. The number of halogens is 1. The van der Waals surface area contributed by atoms with Gasteiger partial charge in [0, 0.05) is 10.9 Å². The summed E-state index contributed by atoms with van der Waals surface area (Å²) in [5.74, 6) is 0.538. The van der Waals surface area contributed by atoms with E-state index in [-0.39, 0.29) is 5.84 Å². The van der Waals surface area contributed by atoms with E-state index in [1.807, 2.05) is 18.2 Å². The maximum Gasteiger partial charge on any atom is 0.0911 e. The monoisotopic (exact) mass is 240 g/mol. The molecular formula is C10H13BrN2. The average Bonchev–Trinajstić information content (AvgIpc) is 2.03. The summed E-state index contributed by atoms with van der Waals surface area (Å²) in [5.41, 5.74) is 6.55. The molecular weight excluding hydrogens is 228 g/mol. The fourth-order valence-corrected chi connectivity index (χ4v) is 1.99. The molecule has 0 aromatic heterocycles. The molecule has 3 N–H and O–H groups in total. The molecule has 0 radical (unpaired) electrons. The Hall–Kier alpha value is -0.830. The van der Waals surface area contributed by atoms with Gasteiger partial charge < -0.3 is 5.73 Å². The van der Waals surface area contributed by atoms with Crippen LogP contribution in [-0.2, 0) is 0 Å². The van der Waals surface area contributed by atoms with Gasteiger partial charge in [0.2, 0.25) is 0 Å². The van der Waals surface area contributed by atoms with Crippen molar-refractivity contribution in [3.8, 4) is 0 Å². The summed E-state index contributed by atoms with van der Waals surface area (Å²) >= 11 is 3.48. The number of hydrogen-bond acceptors (Lipinski definition) is 1. The van der Waals surface area contributed by atoms with Gasteiger partial charge in [0.05, 0.1) is 5.84 Å². The number of nitrogens with one attached hydrogen (secondary N) is 1. The van der Waals surface area contributed by atoms with Crippen molar-refractivity contribution in [3.05, 3.63) is 34.3 Å². The molecule has 1 rings (SSSR count). The molecule has 0 aliphatic carbocycles. The van der Waals surface area contributed by atoms with Gasteiger partial charge in [-0.15, -0.1) is 0 Å². The van der Waals surface area contributed by atoms with E-state index < -0.39 is 0 Å². The Morgan fingerprint density at radius 1 is 1.54 bits per heavy atom. The van der Waals surface area contributed by atoms with E-state index in [2.05, 4.69) is 28.9 Å². The van der Waals surface area contributed by atoms with Crippen LogP contribution in [0.1, 0.15) is 24.8 Å². The lowest BCUT2D eigenvalue weighted by Gasteiger charge is -2.12. The molecule has 0 aliphatic rings. The zero-order valence-electron chi connectivity index (χ0n) is 7.55. The van der Waals surface area contributed by atoms with E-state index in [1.165, 1.54) is 5.56 Å². The van der Waals surface area contributed by atoms with E-state index in [4.69, 9.17) is 11.1 Å². The van der Waals surface area contributed by atoms with Gasteiger partial charge in [-0.25, -0.2) is 0 Å². The molecule has 1 aromatic rings. The maximum atomic E-state index is 7.21. The van der Waals surface area contributed by atoms with Crippen LogP contribution in [0.4, 0.5) is 0 Å². The van der Waals surface area contributed by atoms with Crippen molar-refractivity contribution in [3.63, 3.8) is 0 Å². The number of rotatable bonds is 3.